The highest BCUT2D eigenvalue weighted by Gasteiger charge is 2.35. The van der Waals surface area contributed by atoms with E-state index in [2.05, 4.69) is 37.7 Å². The molecule has 0 amide bonds. The van der Waals surface area contributed by atoms with Crippen LogP contribution in [0.4, 0.5) is 11.9 Å². The lowest BCUT2D eigenvalue weighted by molar-refractivity contribution is 0.0993. The number of halogens is 1. The van der Waals surface area contributed by atoms with Crippen LogP contribution in [0.25, 0.3) is 22.5 Å². The molecule has 6 aromatic rings. The van der Waals surface area contributed by atoms with Gasteiger partial charge in [-0.2, -0.15) is 0 Å². The second kappa shape index (κ2) is 16.2. The maximum atomic E-state index is 12.9. The molecule has 0 aliphatic carbocycles. The molecule has 0 bridgehead atoms. The van der Waals surface area contributed by atoms with Gasteiger partial charge < -0.3 is 14.9 Å². The molecule has 292 valence electrons. The zero-order chi connectivity index (χ0) is 40.3. The minimum Gasteiger partial charge on any atom is -0.387 e. The number of hydrogen-bond acceptors (Lipinski definition) is 10. The molecule has 57 heavy (non-hydrogen) atoms. The van der Waals surface area contributed by atoms with Crippen LogP contribution < -0.4 is 20.9 Å². The summed E-state index contributed by atoms with van der Waals surface area (Å²) < 4.78 is 3.37. The van der Waals surface area contributed by atoms with Crippen molar-refractivity contribution in [2.75, 3.05) is 36.0 Å². The van der Waals surface area contributed by atoms with E-state index in [1.807, 2.05) is 64.4 Å². The maximum Gasteiger partial charge on any atom is 0.255 e. The molecule has 1 atom stereocenters. The van der Waals surface area contributed by atoms with Crippen molar-refractivity contribution in [2.45, 2.75) is 46.9 Å². The number of β-amino-alcohol motifs (C(OH)–C–C–N with tert-alkyl or cyclic N) is 1. The van der Waals surface area contributed by atoms with Crippen molar-refractivity contribution in [3.05, 3.63) is 153 Å². The number of aromatic nitrogens is 6. The van der Waals surface area contributed by atoms with Gasteiger partial charge in [-0.3, -0.25) is 33.5 Å². The summed E-state index contributed by atoms with van der Waals surface area (Å²) in [4.78, 5) is 60.1. The van der Waals surface area contributed by atoms with Crippen LogP contribution in [0.5, 0.6) is 0 Å². The predicted molar refractivity (Wildman–Crippen MR) is 223 cm³/mol. The van der Waals surface area contributed by atoms with Crippen molar-refractivity contribution >= 4 is 29.3 Å². The Balaban J connectivity index is 0.000000174. The fourth-order valence-corrected chi connectivity index (χ4v) is 7.62. The second-order valence-corrected chi connectivity index (χ2v) is 16.6. The normalized spacial score (nSPS) is 15.8. The van der Waals surface area contributed by atoms with Gasteiger partial charge in [0.15, 0.2) is 5.78 Å². The van der Waals surface area contributed by atoms with Crippen molar-refractivity contribution in [3.8, 4) is 22.5 Å². The summed E-state index contributed by atoms with van der Waals surface area (Å²) in [5, 5.41) is 11.3. The first-order valence-corrected chi connectivity index (χ1v) is 19.2. The number of Topliss-reactive ketones (excluding diaryl/α,β-unsaturated/α-hetero) is 1. The lowest BCUT2D eigenvalue weighted by Crippen LogP contribution is -2.49. The van der Waals surface area contributed by atoms with Gasteiger partial charge in [0.05, 0.1) is 30.6 Å². The molecule has 12 nitrogen and oxygen atoms in total. The average Bonchev–Trinajstić information content (AvgIpc) is 3.19. The lowest BCUT2D eigenvalue weighted by atomic mass is 9.90. The summed E-state index contributed by atoms with van der Waals surface area (Å²) in [5.41, 5.74) is 3.76. The SMILES string of the molecule is CC1(C)CN(CC(=O)c2cccc(Cl)c2)c2nc(-c3ccncc3)cc(=O)n2C1.CC1(C)CN(CC(O)c2ccccc2)c2nc(-c3ccncc3)cc(=O)n2C1. The number of fused-ring (bicyclic) bond motifs is 2. The van der Waals surface area contributed by atoms with Gasteiger partial charge in [-0.25, -0.2) is 9.97 Å². The molecule has 4 aromatic heterocycles. The van der Waals surface area contributed by atoms with Crippen LogP contribution in [-0.2, 0) is 13.1 Å². The number of aliphatic hydroxyl groups is 1. The fourth-order valence-electron chi connectivity index (χ4n) is 7.43. The molecule has 0 saturated carbocycles. The number of ketones is 1. The number of pyridine rings is 2. The number of aliphatic hydroxyl groups excluding tert-OH is 1. The smallest absolute Gasteiger partial charge is 0.255 e. The highest BCUT2D eigenvalue weighted by Crippen LogP contribution is 2.33. The number of anilines is 2. The summed E-state index contributed by atoms with van der Waals surface area (Å²) >= 11 is 6.04. The molecule has 13 heteroatoms. The highest BCUT2D eigenvalue weighted by molar-refractivity contribution is 6.31. The molecular formula is C44H45ClN8O4. The monoisotopic (exact) mass is 784 g/mol. The van der Waals surface area contributed by atoms with Gasteiger partial charge in [0, 0.05) is 95.6 Å². The molecule has 0 fully saturated rings. The van der Waals surface area contributed by atoms with Crippen molar-refractivity contribution in [1.82, 2.24) is 29.1 Å². The van der Waals surface area contributed by atoms with Crippen LogP contribution in [0.15, 0.2) is 125 Å². The standard InChI is InChI=1S/C22H21ClN4O2.C22H24N4O2/c1-22(2)13-26(12-19(28)16-4-3-5-17(23)10-16)21-25-18(11-20(29)27(21)14-22)15-6-8-24-9-7-15;1-22(2)14-25(13-19(27)17-6-4-3-5-7-17)21-24-18(12-20(28)26(21)15-22)16-8-10-23-11-9-16/h3-11H,12-14H2,1-2H3;3-12,19,27H,13-15H2,1-2H3. The summed E-state index contributed by atoms with van der Waals surface area (Å²) in [6.45, 7) is 11.4. The predicted octanol–water partition coefficient (Wildman–Crippen LogP) is 6.57. The first kappa shape index (κ1) is 39.3. The Morgan fingerprint density at radius 3 is 1.72 bits per heavy atom. The summed E-state index contributed by atoms with van der Waals surface area (Å²) in [5.74, 6) is 1.05. The quantitative estimate of drug-likeness (QED) is 0.169. The van der Waals surface area contributed by atoms with Crippen LogP contribution in [-0.4, -0.2) is 66.1 Å². The number of carbonyl (C=O) groups is 1. The molecular weight excluding hydrogens is 740 g/mol. The molecule has 0 saturated heterocycles. The van der Waals surface area contributed by atoms with E-state index in [4.69, 9.17) is 21.6 Å². The first-order valence-electron chi connectivity index (χ1n) is 18.8. The van der Waals surface area contributed by atoms with E-state index >= 15 is 0 Å². The third kappa shape index (κ3) is 9.19. The second-order valence-electron chi connectivity index (χ2n) is 16.1. The molecule has 1 unspecified atom stereocenters. The van der Waals surface area contributed by atoms with Crippen LogP contribution in [0.1, 0.15) is 49.7 Å². The number of benzene rings is 2. The third-order valence-electron chi connectivity index (χ3n) is 9.96. The minimum atomic E-state index is -0.662. The molecule has 2 aromatic carbocycles. The lowest BCUT2D eigenvalue weighted by Gasteiger charge is -2.41. The van der Waals surface area contributed by atoms with Crippen LogP contribution in [0.3, 0.4) is 0 Å². The van der Waals surface area contributed by atoms with Crippen molar-refractivity contribution < 1.29 is 9.90 Å². The highest BCUT2D eigenvalue weighted by atomic mass is 35.5. The Kier molecular flexibility index (Phi) is 11.2. The Labute approximate surface area is 336 Å². The van der Waals surface area contributed by atoms with E-state index in [-0.39, 0.29) is 34.3 Å². The van der Waals surface area contributed by atoms with Crippen molar-refractivity contribution in [1.29, 1.82) is 0 Å². The largest absolute Gasteiger partial charge is 0.387 e. The van der Waals surface area contributed by atoms with Crippen LogP contribution in [0, 0.1) is 10.8 Å². The molecule has 0 radical (unpaired) electrons. The number of hydrogen-bond donors (Lipinski definition) is 1. The van der Waals surface area contributed by atoms with Gasteiger partial charge in [-0.1, -0.05) is 81.8 Å². The maximum absolute atomic E-state index is 12.9. The van der Waals surface area contributed by atoms with Gasteiger partial charge in [-0.15, -0.1) is 0 Å². The zero-order valence-electron chi connectivity index (χ0n) is 32.4. The van der Waals surface area contributed by atoms with Crippen LogP contribution >= 0.6 is 11.6 Å². The number of rotatable bonds is 8. The van der Waals surface area contributed by atoms with E-state index in [1.54, 1.807) is 64.3 Å². The van der Waals surface area contributed by atoms with E-state index in [1.165, 1.54) is 6.07 Å². The first-order chi connectivity index (χ1) is 27.2. The Hall–Kier alpha value is -5.98. The molecule has 8 rings (SSSR count). The average molecular weight is 785 g/mol. The molecule has 2 aliphatic heterocycles. The van der Waals surface area contributed by atoms with Gasteiger partial charge in [0.25, 0.3) is 11.1 Å². The van der Waals surface area contributed by atoms with E-state index in [9.17, 15) is 19.5 Å². The van der Waals surface area contributed by atoms with E-state index in [0.717, 1.165) is 16.7 Å². The minimum absolute atomic E-state index is 0.0692. The Bertz CT molecular complexity index is 2490. The fraction of sp³-hybridized carbons (Fsp3) is 0.295. The number of carbonyl (C=O) groups excluding carboxylic acids is 1. The molecule has 1 N–H and O–H groups in total. The van der Waals surface area contributed by atoms with Crippen LogP contribution in [0.2, 0.25) is 5.02 Å². The number of nitrogens with zero attached hydrogens (tertiary/aromatic N) is 8. The Morgan fingerprint density at radius 2 is 1.19 bits per heavy atom. The van der Waals surface area contributed by atoms with E-state index < -0.39 is 6.10 Å². The molecule has 0 spiro atoms. The Morgan fingerprint density at radius 1 is 0.684 bits per heavy atom. The third-order valence-corrected chi connectivity index (χ3v) is 10.2. The molecule has 6 heterocycles. The van der Waals surface area contributed by atoms with Gasteiger partial charge >= 0.3 is 0 Å². The zero-order valence-corrected chi connectivity index (χ0v) is 33.2. The summed E-state index contributed by atoms with van der Waals surface area (Å²) in [7, 11) is 0. The summed E-state index contributed by atoms with van der Waals surface area (Å²) in [6, 6.07) is 26.9. The van der Waals surface area contributed by atoms with E-state index in [0.29, 0.717) is 66.6 Å². The van der Waals surface area contributed by atoms with Gasteiger partial charge in [-0.05, 0) is 42.0 Å². The van der Waals surface area contributed by atoms with Gasteiger partial charge in [0.2, 0.25) is 11.9 Å². The van der Waals surface area contributed by atoms with Crippen molar-refractivity contribution in [3.63, 3.8) is 0 Å². The topological polar surface area (TPSA) is 139 Å². The molecule has 2 aliphatic rings. The summed E-state index contributed by atoms with van der Waals surface area (Å²) in [6.07, 6.45) is 6.04. The van der Waals surface area contributed by atoms with Crippen molar-refractivity contribution in [2.24, 2.45) is 10.8 Å². The van der Waals surface area contributed by atoms with Gasteiger partial charge in [0.1, 0.15) is 0 Å².